The monoisotopic (exact) mass is 239 g/mol. The molecule has 0 atom stereocenters. The molecule has 2 rings (SSSR count). The number of Topliss-reactive ketones (excluding diaryl/α,β-unsaturated/α-hetero) is 1. The lowest BCUT2D eigenvalue weighted by Gasteiger charge is -2.28. The highest BCUT2D eigenvalue weighted by molar-refractivity contribution is 5.85. The van der Waals surface area contributed by atoms with E-state index in [4.69, 9.17) is 0 Å². The van der Waals surface area contributed by atoms with E-state index in [0.29, 0.717) is 6.42 Å². The number of ketones is 1. The van der Waals surface area contributed by atoms with Crippen LogP contribution in [0.3, 0.4) is 0 Å². The summed E-state index contributed by atoms with van der Waals surface area (Å²) in [6.07, 6.45) is 1.80. The number of nitrogens with zero attached hydrogens (tertiary/aromatic N) is 1. The van der Waals surface area contributed by atoms with E-state index in [2.05, 4.69) is 29.2 Å². The fraction of sp³-hybridized carbons (Fsp3) is 0.462. The lowest BCUT2D eigenvalue weighted by molar-refractivity contribution is -0.117. The highest BCUT2D eigenvalue weighted by Crippen LogP contribution is 2.18. The van der Waals surface area contributed by atoms with Gasteiger partial charge in [-0.3, -0.25) is 9.69 Å². The molecular formula is C13H18ClNO. The van der Waals surface area contributed by atoms with Crippen LogP contribution >= 0.6 is 12.4 Å². The molecule has 1 heterocycles. The van der Waals surface area contributed by atoms with Gasteiger partial charge in [0, 0.05) is 26.1 Å². The number of rotatable bonds is 3. The molecule has 1 aliphatic heterocycles. The second-order valence-corrected chi connectivity index (χ2v) is 4.25. The van der Waals surface area contributed by atoms with Crippen molar-refractivity contribution in [1.29, 1.82) is 0 Å². The van der Waals surface area contributed by atoms with Gasteiger partial charge >= 0.3 is 0 Å². The molecule has 0 amide bonds. The highest BCUT2D eigenvalue weighted by atomic mass is 35.5. The maximum absolute atomic E-state index is 10.9. The van der Waals surface area contributed by atoms with Gasteiger partial charge in [0.1, 0.15) is 5.78 Å². The van der Waals surface area contributed by atoms with Gasteiger partial charge in [0.05, 0.1) is 0 Å². The molecule has 1 aliphatic rings. The van der Waals surface area contributed by atoms with Crippen LogP contribution in [0.5, 0.6) is 0 Å². The van der Waals surface area contributed by atoms with E-state index in [0.717, 1.165) is 26.1 Å². The molecule has 1 aromatic rings. The third-order valence-electron chi connectivity index (χ3n) is 2.99. The van der Waals surface area contributed by atoms with E-state index in [-0.39, 0.29) is 18.2 Å². The van der Waals surface area contributed by atoms with E-state index in [1.165, 1.54) is 11.1 Å². The van der Waals surface area contributed by atoms with Crippen LogP contribution in [-0.4, -0.2) is 23.8 Å². The van der Waals surface area contributed by atoms with Crippen LogP contribution in [0.4, 0.5) is 0 Å². The first-order chi connectivity index (χ1) is 7.25. The number of hydrogen-bond donors (Lipinski definition) is 0. The second-order valence-electron chi connectivity index (χ2n) is 4.25. The summed E-state index contributed by atoms with van der Waals surface area (Å²) in [6.45, 7) is 4.66. The Balaban J connectivity index is 0.00000128. The normalized spacial score (nSPS) is 15.1. The average molecular weight is 240 g/mol. The summed E-state index contributed by atoms with van der Waals surface area (Å²) in [5.74, 6) is 0.286. The maximum atomic E-state index is 10.9. The van der Waals surface area contributed by atoms with Gasteiger partial charge in [0.25, 0.3) is 0 Å². The molecule has 1 aromatic carbocycles. The Morgan fingerprint density at radius 1 is 1.31 bits per heavy atom. The van der Waals surface area contributed by atoms with E-state index in [1.807, 2.05) is 0 Å². The van der Waals surface area contributed by atoms with E-state index >= 15 is 0 Å². The van der Waals surface area contributed by atoms with Crippen LogP contribution in [0.25, 0.3) is 0 Å². The Bertz CT molecular complexity index is 365. The molecule has 16 heavy (non-hydrogen) atoms. The van der Waals surface area contributed by atoms with Crippen molar-refractivity contribution in [3.8, 4) is 0 Å². The minimum Gasteiger partial charge on any atom is -0.300 e. The number of benzene rings is 1. The van der Waals surface area contributed by atoms with Gasteiger partial charge in [-0.2, -0.15) is 0 Å². The van der Waals surface area contributed by atoms with Crippen molar-refractivity contribution in [1.82, 2.24) is 4.90 Å². The SMILES string of the molecule is CC(=O)CCN1CCc2ccccc2C1.Cl. The fourth-order valence-electron chi connectivity index (χ4n) is 2.06. The van der Waals surface area contributed by atoms with Crippen molar-refractivity contribution in [2.75, 3.05) is 13.1 Å². The smallest absolute Gasteiger partial charge is 0.131 e. The minimum absolute atomic E-state index is 0. The van der Waals surface area contributed by atoms with Crippen molar-refractivity contribution < 1.29 is 4.79 Å². The molecular weight excluding hydrogens is 222 g/mol. The van der Waals surface area contributed by atoms with Crippen LogP contribution in [-0.2, 0) is 17.8 Å². The fourth-order valence-corrected chi connectivity index (χ4v) is 2.06. The Kier molecular flexibility index (Phi) is 4.97. The molecule has 0 N–H and O–H groups in total. The Morgan fingerprint density at radius 2 is 2.00 bits per heavy atom. The minimum atomic E-state index is 0. The number of halogens is 1. The Labute approximate surface area is 103 Å². The van der Waals surface area contributed by atoms with Crippen LogP contribution in [0, 0.1) is 0 Å². The summed E-state index contributed by atoms with van der Waals surface area (Å²) in [7, 11) is 0. The highest BCUT2D eigenvalue weighted by Gasteiger charge is 2.15. The van der Waals surface area contributed by atoms with Crippen molar-refractivity contribution in [2.24, 2.45) is 0 Å². The largest absolute Gasteiger partial charge is 0.300 e. The van der Waals surface area contributed by atoms with Crippen LogP contribution < -0.4 is 0 Å². The lowest BCUT2D eigenvalue weighted by atomic mass is 10.00. The van der Waals surface area contributed by atoms with Crippen LogP contribution in [0.2, 0.25) is 0 Å². The van der Waals surface area contributed by atoms with Crippen LogP contribution in [0.1, 0.15) is 24.5 Å². The summed E-state index contributed by atoms with van der Waals surface area (Å²) in [5.41, 5.74) is 2.89. The van der Waals surface area contributed by atoms with Gasteiger partial charge < -0.3 is 0 Å². The molecule has 3 heteroatoms. The molecule has 0 aromatic heterocycles. The van der Waals surface area contributed by atoms with E-state index in [9.17, 15) is 4.79 Å². The molecule has 0 unspecified atom stereocenters. The van der Waals surface area contributed by atoms with Crippen molar-refractivity contribution in [3.63, 3.8) is 0 Å². The molecule has 0 saturated heterocycles. The van der Waals surface area contributed by atoms with Gasteiger partial charge in [-0.15, -0.1) is 12.4 Å². The van der Waals surface area contributed by atoms with Crippen molar-refractivity contribution in [2.45, 2.75) is 26.3 Å². The molecule has 0 bridgehead atoms. The molecule has 0 radical (unpaired) electrons. The molecule has 0 aliphatic carbocycles. The molecule has 88 valence electrons. The molecule has 0 fully saturated rings. The zero-order valence-electron chi connectivity index (χ0n) is 9.61. The number of hydrogen-bond acceptors (Lipinski definition) is 2. The maximum Gasteiger partial charge on any atom is 0.131 e. The lowest BCUT2D eigenvalue weighted by Crippen LogP contribution is -2.32. The average Bonchev–Trinajstić information content (AvgIpc) is 2.26. The zero-order valence-corrected chi connectivity index (χ0v) is 10.4. The third kappa shape index (κ3) is 3.32. The van der Waals surface area contributed by atoms with Gasteiger partial charge in [0.15, 0.2) is 0 Å². The summed E-state index contributed by atoms with van der Waals surface area (Å²) in [4.78, 5) is 13.3. The van der Waals surface area contributed by atoms with Crippen molar-refractivity contribution >= 4 is 18.2 Å². The van der Waals surface area contributed by atoms with Gasteiger partial charge in [-0.05, 0) is 24.5 Å². The number of carbonyl (C=O) groups excluding carboxylic acids is 1. The van der Waals surface area contributed by atoms with Crippen molar-refractivity contribution in [3.05, 3.63) is 35.4 Å². The predicted molar refractivity (Wildman–Crippen MR) is 68.0 cm³/mol. The first-order valence-electron chi connectivity index (χ1n) is 5.54. The topological polar surface area (TPSA) is 20.3 Å². The summed E-state index contributed by atoms with van der Waals surface area (Å²) in [6, 6.07) is 8.59. The third-order valence-corrected chi connectivity index (χ3v) is 2.99. The number of carbonyl (C=O) groups is 1. The van der Waals surface area contributed by atoms with Crippen LogP contribution in [0.15, 0.2) is 24.3 Å². The molecule has 0 spiro atoms. The van der Waals surface area contributed by atoms with Gasteiger partial charge in [-0.25, -0.2) is 0 Å². The molecule has 2 nitrogen and oxygen atoms in total. The van der Waals surface area contributed by atoms with Gasteiger partial charge in [0.2, 0.25) is 0 Å². The standard InChI is InChI=1S/C13H17NO.ClH/c1-11(15)6-8-14-9-7-12-4-2-3-5-13(12)10-14;/h2-5H,6-10H2,1H3;1H. The first-order valence-corrected chi connectivity index (χ1v) is 5.54. The Hall–Kier alpha value is -0.860. The summed E-state index contributed by atoms with van der Waals surface area (Å²) < 4.78 is 0. The number of fused-ring (bicyclic) bond motifs is 1. The zero-order chi connectivity index (χ0) is 10.7. The first kappa shape index (κ1) is 13.2. The summed E-state index contributed by atoms with van der Waals surface area (Å²) in [5, 5.41) is 0. The summed E-state index contributed by atoms with van der Waals surface area (Å²) >= 11 is 0. The van der Waals surface area contributed by atoms with E-state index < -0.39 is 0 Å². The quantitative estimate of drug-likeness (QED) is 0.808. The van der Waals surface area contributed by atoms with Gasteiger partial charge in [-0.1, -0.05) is 24.3 Å². The molecule has 0 saturated carbocycles. The van der Waals surface area contributed by atoms with E-state index in [1.54, 1.807) is 6.92 Å². The predicted octanol–water partition coefficient (Wildman–Crippen LogP) is 2.45. The Morgan fingerprint density at radius 3 is 2.69 bits per heavy atom. The second kappa shape index (κ2) is 6.02.